The fourth-order valence-electron chi connectivity index (χ4n) is 2.36. The van der Waals surface area contributed by atoms with Crippen molar-refractivity contribution in [3.05, 3.63) is 29.8 Å². The lowest BCUT2D eigenvalue weighted by Gasteiger charge is -2.13. The molecular formula is C17H21N3O5. The van der Waals surface area contributed by atoms with Crippen LogP contribution in [0, 0.1) is 0 Å². The van der Waals surface area contributed by atoms with Gasteiger partial charge in [-0.3, -0.25) is 24.1 Å². The summed E-state index contributed by atoms with van der Waals surface area (Å²) in [6.07, 6.45) is 0.395. The summed E-state index contributed by atoms with van der Waals surface area (Å²) >= 11 is 0. The van der Waals surface area contributed by atoms with Crippen molar-refractivity contribution in [1.82, 2.24) is 15.5 Å². The summed E-state index contributed by atoms with van der Waals surface area (Å²) in [4.78, 5) is 47.4. The molecule has 0 unspecified atom stereocenters. The predicted octanol–water partition coefficient (Wildman–Crippen LogP) is -0.0333. The molecule has 0 aromatic heterocycles. The molecule has 1 aromatic carbocycles. The summed E-state index contributed by atoms with van der Waals surface area (Å²) in [5, 5.41) is 5.16. The quantitative estimate of drug-likeness (QED) is 0.643. The fourth-order valence-corrected chi connectivity index (χ4v) is 2.36. The predicted molar refractivity (Wildman–Crippen MR) is 88.4 cm³/mol. The van der Waals surface area contributed by atoms with Crippen molar-refractivity contribution in [2.75, 3.05) is 20.2 Å². The number of amides is 4. The van der Waals surface area contributed by atoms with E-state index >= 15 is 0 Å². The Kier molecular flexibility index (Phi) is 6.50. The number of hydrogen-bond donors (Lipinski definition) is 2. The van der Waals surface area contributed by atoms with Crippen LogP contribution in [0.1, 0.15) is 24.8 Å². The Morgan fingerprint density at radius 2 is 1.68 bits per heavy atom. The van der Waals surface area contributed by atoms with Crippen LogP contribution in [0.5, 0.6) is 5.75 Å². The molecule has 0 aliphatic carbocycles. The van der Waals surface area contributed by atoms with Crippen LogP contribution in [-0.4, -0.2) is 48.7 Å². The molecular weight excluding hydrogens is 326 g/mol. The van der Waals surface area contributed by atoms with Crippen molar-refractivity contribution < 1.29 is 23.9 Å². The van der Waals surface area contributed by atoms with Crippen LogP contribution < -0.4 is 15.4 Å². The SMILES string of the molecule is COc1ccc(CNC(=O)CNC(=O)CCN2C(=O)CCC2=O)cc1. The summed E-state index contributed by atoms with van der Waals surface area (Å²) in [5.41, 5.74) is 0.909. The number of imide groups is 1. The molecule has 1 heterocycles. The molecule has 2 rings (SSSR count). The van der Waals surface area contributed by atoms with E-state index in [0.29, 0.717) is 6.54 Å². The zero-order valence-electron chi connectivity index (χ0n) is 14.0. The van der Waals surface area contributed by atoms with Crippen molar-refractivity contribution in [3.63, 3.8) is 0 Å². The second-order valence-corrected chi connectivity index (χ2v) is 5.59. The molecule has 1 aliphatic rings. The first-order valence-corrected chi connectivity index (χ1v) is 7.99. The van der Waals surface area contributed by atoms with E-state index in [-0.39, 0.29) is 56.0 Å². The monoisotopic (exact) mass is 347 g/mol. The summed E-state index contributed by atoms with van der Waals surface area (Å²) < 4.78 is 5.05. The van der Waals surface area contributed by atoms with Crippen LogP contribution in [0.3, 0.4) is 0 Å². The van der Waals surface area contributed by atoms with Gasteiger partial charge in [0.1, 0.15) is 5.75 Å². The lowest BCUT2D eigenvalue weighted by molar-refractivity contribution is -0.138. The highest BCUT2D eigenvalue weighted by atomic mass is 16.5. The standard InChI is InChI=1S/C17H21N3O5/c1-25-13-4-2-12(3-5-13)10-18-15(22)11-19-14(21)8-9-20-16(23)6-7-17(20)24/h2-5H,6-11H2,1H3,(H,18,22)(H,19,21). The zero-order valence-corrected chi connectivity index (χ0v) is 14.0. The molecule has 8 nitrogen and oxygen atoms in total. The number of hydrogen-bond acceptors (Lipinski definition) is 5. The van der Waals surface area contributed by atoms with E-state index in [1.54, 1.807) is 19.2 Å². The molecule has 25 heavy (non-hydrogen) atoms. The van der Waals surface area contributed by atoms with Gasteiger partial charge in [0.2, 0.25) is 23.6 Å². The summed E-state index contributed by atoms with van der Waals surface area (Å²) in [5.74, 6) is -0.480. The first-order chi connectivity index (χ1) is 12.0. The smallest absolute Gasteiger partial charge is 0.239 e. The van der Waals surface area contributed by atoms with Gasteiger partial charge in [-0.25, -0.2) is 0 Å². The minimum Gasteiger partial charge on any atom is -0.497 e. The second-order valence-electron chi connectivity index (χ2n) is 5.59. The van der Waals surface area contributed by atoms with E-state index < -0.39 is 0 Å². The molecule has 0 atom stereocenters. The van der Waals surface area contributed by atoms with Crippen LogP contribution in [-0.2, 0) is 25.7 Å². The minimum atomic E-state index is -0.382. The third kappa shape index (κ3) is 5.59. The van der Waals surface area contributed by atoms with Gasteiger partial charge in [0, 0.05) is 32.4 Å². The van der Waals surface area contributed by atoms with Gasteiger partial charge in [0.05, 0.1) is 13.7 Å². The highest BCUT2D eigenvalue weighted by molar-refractivity contribution is 6.02. The largest absolute Gasteiger partial charge is 0.497 e. The van der Waals surface area contributed by atoms with E-state index in [2.05, 4.69) is 10.6 Å². The van der Waals surface area contributed by atoms with Crippen LogP contribution in [0.15, 0.2) is 24.3 Å². The van der Waals surface area contributed by atoms with Crippen molar-refractivity contribution in [1.29, 1.82) is 0 Å². The summed E-state index contributed by atoms with van der Waals surface area (Å²) in [6.45, 7) is 0.239. The maximum Gasteiger partial charge on any atom is 0.239 e. The average molecular weight is 347 g/mol. The fraction of sp³-hybridized carbons (Fsp3) is 0.412. The highest BCUT2D eigenvalue weighted by Crippen LogP contribution is 2.12. The number of carbonyl (C=O) groups is 4. The number of rotatable bonds is 8. The van der Waals surface area contributed by atoms with E-state index in [1.807, 2.05) is 12.1 Å². The first-order valence-electron chi connectivity index (χ1n) is 7.99. The molecule has 1 fully saturated rings. The van der Waals surface area contributed by atoms with Crippen LogP contribution >= 0.6 is 0 Å². The van der Waals surface area contributed by atoms with Gasteiger partial charge in [-0.2, -0.15) is 0 Å². The maximum absolute atomic E-state index is 11.7. The Labute approximate surface area is 145 Å². The Bertz CT molecular complexity index is 641. The van der Waals surface area contributed by atoms with Gasteiger partial charge in [-0.15, -0.1) is 0 Å². The zero-order chi connectivity index (χ0) is 18.2. The normalized spacial score (nSPS) is 13.7. The average Bonchev–Trinajstić information content (AvgIpc) is 2.94. The molecule has 0 spiro atoms. The maximum atomic E-state index is 11.7. The molecule has 0 saturated carbocycles. The molecule has 1 aliphatic heterocycles. The van der Waals surface area contributed by atoms with Gasteiger partial charge in [-0.05, 0) is 17.7 Å². The van der Waals surface area contributed by atoms with Gasteiger partial charge in [-0.1, -0.05) is 12.1 Å². The Morgan fingerprint density at radius 1 is 1.04 bits per heavy atom. The van der Waals surface area contributed by atoms with Crippen molar-refractivity contribution in [2.45, 2.75) is 25.8 Å². The Hall–Kier alpha value is -2.90. The van der Waals surface area contributed by atoms with Gasteiger partial charge >= 0.3 is 0 Å². The Balaban J connectivity index is 1.64. The Morgan fingerprint density at radius 3 is 2.28 bits per heavy atom. The molecule has 0 bridgehead atoms. The lowest BCUT2D eigenvalue weighted by Crippen LogP contribution is -2.38. The van der Waals surface area contributed by atoms with Crippen LogP contribution in [0.2, 0.25) is 0 Å². The second kappa shape index (κ2) is 8.81. The number of carbonyl (C=O) groups excluding carboxylic acids is 4. The van der Waals surface area contributed by atoms with Gasteiger partial charge < -0.3 is 15.4 Å². The highest BCUT2D eigenvalue weighted by Gasteiger charge is 2.28. The third-order valence-electron chi connectivity index (χ3n) is 3.81. The number of benzene rings is 1. The number of nitrogens with zero attached hydrogens (tertiary/aromatic N) is 1. The first kappa shape index (κ1) is 18.4. The molecule has 134 valence electrons. The molecule has 4 amide bonds. The van der Waals surface area contributed by atoms with Crippen LogP contribution in [0.4, 0.5) is 0 Å². The van der Waals surface area contributed by atoms with Crippen LogP contribution in [0.25, 0.3) is 0 Å². The topological polar surface area (TPSA) is 105 Å². The number of ether oxygens (including phenoxy) is 1. The third-order valence-corrected chi connectivity index (χ3v) is 3.81. The van der Waals surface area contributed by atoms with Crippen molar-refractivity contribution >= 4 is 23.6 Å². The summed E-state index contributed by atoms with van der Waals surface area (Å²) in [7, 11) is 1.58. The van der Waals surface area contributed by atoms with Gasteiger partial charge in [0.15, 0.2) is 0 Å². The summed E-state index contributed by atoms with van der Waals surface area (Å²) in [6, 6.07) is 7.26. The van der Waals surface area contributed by atoms with Crippen molar-refractivity contribution in [2.24, 2.45) is 0 Å². The molecule has 0 radical (unpaired) electrons. The molecule has 2 N–H and O–H groups in total. The number of nitrogens with one attached hydrogen (secondary N) is 2. The molecule has 1 saturated heterocycles. The van der Waals surface area contributed by atoms with E-state index in [4.69, 9.17) is 4.74 Å². The lowest BCUT2D eigenvalue weighted by atomic mass is 10.2. The van der Waals surface area contributed by atoms with Crippen molar-refractivity contribution in [3.8, 4) is 5.75 Å². The van der Waals surface area contributed by atoms with E-state index in [0.717, 1.165) is 16.2 Å². The number of likely N-dealkylation sites (tertiary alicyclic amines) is 1. The van der Waals surface area contributed by atoms with Gasteiger partial charge in [0.25, 0.3) is 0 Å². The van der Waals surface area contributed by atoms with E-state index in [9.17, 15) is 19.2 Å². The number of methoxy groups -OCH3 is 1. The molecule has 1 aromatic rings. The molecule has 8 heteroatoms. The minimum absolute atomic E-state index is 0.0107. The van der Waals surface area contributed by atoms with E-state index in [1.165, 1.54) is 0 Å².